The second-order valence-corrected chi connectivity index (χ2v) is 7.39. The third-order valence-electron chi connectivity index (χ3n) is 4.23. The summed E-state index contributed by atoms with van der Waals surface area (Å²) in [5, 5.41) is 12.2. The smallest absolute Gasteiger partial charge is 0.238 e. The molecule has 2 aliphatic carbocycles. The maximum Gasteiger partial charge on any atom is 0.238 e. The molecule has 1 aromatic carbocycles. The van der Waals surface area contributed by atoms with Gasteiger partial charge in [0, 0.05) is 12.1 Å². The molecule has 1 heterocycles. The predicted octanol–water partition coefficient (Wildman–Crippen LogP) is 3.03. The molecular formula is C17H20N4OS. The van der Waals surface area contributed by atoms with E-state index in [2.05, 4.69) is 20.1 Å². The third kappa shape index (κ3) is 3.27. The van der Waals surface area contributed by atoms with Gasteiger partial charge in [0.05, 0.1) is 0 Å². The second kappa shape index (κ2) is 6.00. The first-order valence-corrected chi connectivity index (χ1v) is 9.04. The summed E-state index contributed by atoms with van der Waals surface area (Å²) in [5.41, 5.74) is 1.01. The fourth-order valence-electron chi connectivity index (χ4n) is 2.69. The van der Waals surface area contributed by atoms with Crippen LogP contribution in [0.4, 0.5) is 0 Å². The average Bonchev–Trinajstić information content (AvgIpc) is 3.47. The van der Waals surface area contributed by atoms with Crippen LogP contribution in [-0.2, 0) is 4.79 Å². The van der Waals surface area contributed by atoms with Gasteiger partial charge in [-0.3, -0.25) is 4.79 Å². The number of hydrogen-bond acceptors (Lipinski definition) is 4. The number of carbonyl (C=O) groups excluding carboxylic acids is 1. The normalized spacial score (nSPS) is 18.7. The molecule has 2 aliphatic rings. The van der Waals surface area contributed by atoms with Crippen molar-refractivity contribution in [1.82, 2.24) is 20.1 Å². The van der Waals surface area contributed by atoms with E-state index < -0.39 is 0 Å². The molecule has 6 heteroatoms. The largest absolute Gasteiger partial charge is 0.352 e. The van der Waals surface area contributed by atoms with E-state index in [0.29, 0.717) is 12.1 Å². The van der Waals surface area contributed by atoms with Crippen LogP contribution in [0.2, 0.25) is 0 Å². The van der Waals surface area contributed by atoms with Gasteiger partial charge >= 0.3 is 0 Å². The zero-order valence-electron chi connectivity index (χ0n) is 13.1. The van der Waals surface area contributed by atoms with Crippen LogP contribution in [0.5, 0.6) is 0 Å². The Bertz CT molecular complexity index is 707. The number of nitrogens with one attached hydrogen (secondary N) is 1. The summed E-state index contributed by atoms with van der Waals surface area (Å²) in [5.74, 6) is 1.01. The summed E-state index contributed by atoms with van der Waals surface area (Å²) >= 11 is 1.51. The van der Waals surface area contributed by atoms with E-state index in [0.717, 1.165) is 29.4 Å². The molecule has 2 saturated carbocycles. The number of aryl methyl sites for hydroxylation is 1. The standard InChI is InChI=1S/C17H20N4OS/c1-11-19-20-17(21(11)14-9-10-14)23-15(12-5-3-2-4-6-12)16(22)18-13-7-8-13/h2-6,13-15H,7-10H2,1H3,(H,18,22)/t15-/m1/s1. The van der Waals surface area contributed by atoms with Crippen LogP contribution in [0.15, 0.2) is 35.5 Å². The number of aromatic nitrogens is 3. The van der Waals surface area contributed by atoms with E-state index >= 15 is 0 Å². The van der Waals surface area contributed by atoms with Gasteiger partial charge in [-0.25, -0.2) is 0 Å². The van der Waals surface area contributed by atoms with E-state index in [1.165, 1.54) is 24.6 Å². The van der Waals surface area contributed by atoms with Crippen molar-refractivity contribution in [3.63, 3.8) is 0 Å². The number of thioether (sulfide) groups is 1. The molecular weight excluding hydrogens is 308 g/mol. The van der Waals surface area contributed by atoms with Crippen LogP contribution in [0.25, 0.3) is 0 Å². The van der Waals surface area contributed by atoms with E-state index in [1.54, 1.807) is 0 Å². The lowest BCUT2D eigenvalue weighted by Gasteiger charge is -2.17. The molecule has 0 aliphatic heterocycles. The highest BCUT2D eigenvalue weighted by atomic mass is 32.2. The molecule has 1 amide bonds. The topological polar surface area (TPSA) is 59.8 Å². The molecule has 0 saturated heterocycles. The quantitative estimate of drug-likeness (QED) is 0.828. The molecule has 1 atom stereocenters. The van der Waals surface area contributed by atoms with Gasteiger partial charge in [-0.05, 0) is 38.2 Å². The number of benzene rings is 1. The molecule has 5 nitrogen and oxygen atoms in total. The van der Waals surface area contributed by atoms with Crippen LogP contribution >= 0.6 is 11.8 Å². The van der Waals surface area contributed by atoms with Crippen molar-refractivity contribution in [2.75, 3.05) is 0 Å². The van der Waals surface area contributed by atoms with Crippen LogP contribution in [0.1, 0.15) is 48.4 Å². The van der Waals surface area contributed by atoms with Crippen molar-refractivity contribution in [3.8, 4) is 0 Å². The summed E-state index contributed by atoms with van der Waals surface area (Å²) in [4.78, 5) is 12.7. The highest BCUT2D eigenvalue weighted by Crippen LogP contribution is 2.42. The maximum atomic E-state index is 12.7. The Kier molecular flexibility index (Phi) is 3.85. The molecule has 0 radical (unpaired) electrons. The Balaban J connectivity index is 1.61. The molecule has 120 valence electrons. The molecule has 1 N–H and O–H groups in total. The average molecular weight is 328 g/mol. The number of hydrogen-bond donors (Lipinski definition) is 1. The Labute approximate surface area is 139 Å². The fraction of sp³-hybridized carbons (Fsp3) is 0.471. The maximum absolute atomic E-state index is 12.7. The van der Waals surface area contributed by atoms with Gasteiger partial charge in [-0.1, -0.05) is 42.1 Å². The van der Waals surface area contributed by atoms with Crippen molar-refractivity contribution in [1.29, 1.82) is 0 Å². The summed E-state index contributed by atoms with van der Waals surface area (Å²) in [6.45, 7) is 1.98. The summed E-state index contributed by atoms with van der Waals surface area (Å²) in [6.07, 6.45) is 4.54. The minimum absolute atomic E-state index is 0.0756. The number of rotatable bonds is 6. The minimum Gasteiger partial charge on any atom is -0.352 e. The van der Waals surface area contributed by atoms with Gasteiger partial charge in [0.1, 0.15) is 11.1 Å². The Morgan fingerprint density at radius 1 is 1.22 bits per heavy atom. The molecule has 1 aromatic heterocycles. The first-order valence-electron chi connectivity index (χ1n) is 8.16. The third-order valence-corrected chi connectivity index (χ3v) is 5.45. The zero-order chi connectivity index (χ0) is 15.8. The molecule has 4 rings (SSSR count). The van der Waals surface area contributed by atoms with Gasteiger partial charge in [-0.2, -0.15) is 0 Å². The highest BCUT2D eigenvalue weighted by molar-refractivity contribution is 8.00. The second-order valence-electron chi connectivity index (χ2n) is 6.32. The minimum atomic E-state index is -0.280. The van der Waals surface area contributed by atoms with E-state index in [9.17, 15) is 4.79 Å². The summed E-state index contributed by atoms with van der Waals surface area (Å²) in [7, 11) is 0. The fourth-order valence-corrected chi connectivity index (χ4v) is 3.86. The number of carbonyl (C=O) groups is 1. The van der Waals surface area contributed by atoms with Gasteiger partial charge in [0.25, 0.3) is 0 Å². The molecule has 0 bridgehead atoms. The lowest BCUT2D eigenvalue weighted by Crippen LogP contribution is -2.30. The molecule has 0 spiro atoms. The highest BCUT2D eigenvalue weighted by Gasteiger charge is 2.33. The van der Waals surface area contributed by atoms with E-state index in [-0.39, 0.29) is 11.2 Å². The lowest BCUT2D eigenvalue weighted by molar-refractivity contribution is -0.120. The molecule has 0 unspecified atom stereocenters. The monoisotopic (exact) mass is 328 g/mol. The van der Waals surface area contributed by atoms with Crippen molar-refractivity contribution < 1.29 is 4.79 Å². The van der Waals surface area contributed by atoms with Gasteiger partial charge in [0.15, 0.2) is 5.16 Å². The first-order chi connectivity index (χ1) is 11.2. The van der Waals surface area contributed by atoms with Crippen molar-refractivity contribution in [2.45, 2.75) is 55.1 Å². The van der Waals surface area contributed by atoms with Crippen molar-refractivity contribution >= 4 is 17.7 Å². The van der Waals surface area contributed by atoms with Gasteiger partial charge < -0.3 is 9.88 Å². The molecule has 23 heavy (non-hydrogen) atoms. The van der Waals surface area contributed by atoms with Crippen molar-refractivity contribution in [3.05, 3.63) is 41.7 Å². The van der Waals surface area contributed by atoms with Crippen LogP contribution in [-0.4, -0.2) is 26.7 Å². The van der Waals surface area contributed by atoms with Gasteiger partial charge in [0.2, 0.25) is 5.91 Å². The predicted molar refractivity (Wildman–Crippen MR) is 89.2 cm³/mol. The Morgan fingerprint density at radius 2 is 1.96 bits per heavy atom. The van der Waals surface area contributed by atoms with E-state index in [1.807, 2.05) is 37.3 Å². The molecule has 2 fully saturated rings. The Hall–Kier alpha value is -1.82. The number of amides is 1. The van der Waals surface area contributed by atoms with Crippen LogP contribution < -0.4 is 5.32 Å². The van der Waals surface area contributed by atoms with Crippen LogP contribution in [0, 0.1) is 6.92 Å². The van der Waals surface area contributed by atoms with Gasteiger partial charge in [-0.15, -0.1) is 10.2 Å². The Morgan fingerprint density at radius 3 is 2.61 bits per heavy atom. The SMILES string of the molecule is Cc1nnc(S[C@@H](C(=O)NC2CC2)c2ccccc2)n1C1CC1. The van der Waals surface area contributed by atoms with Crippen LogP contribution in [0.3, 0.4) is 0 Å². The molecule has 2 aromatic rings. The number of nitrogens with zero attached hydrogens (tertiary/aromatic N) is 3. The first kappa shape index (κ1) is 14.8. The zero-order valence-corrected chi connectivity index (χ0v) is 13.9. The lowest BCUT2D eigenvalue weighted by atomic mass is 10.1. The summed E-state index contributed by atoms with van der Waals surface area (Å²) < 4.78 is 2.19. The van der Waals surface area contributed by atoms with E-state index in [4.69, 9.17) is 0 Å². The summed E-state index contributed by atoms with van der Waals surface area (Å²) in [6, 6.07) is 10.8. The van der Waals surface area contributed by atoms with Crippen molar-refractivity contribution in [2.24, 2.45) is 0 Å².